The van der Waals surface area contributed by atoms with Crippen molar-refractivity contribution in [3.8, 4) is 0 Å². The maximum absolute atomic E-state index is 11.4. The van der Waals surface area contributed by atoms with Gasteiger partial charge in [-0.2, -0.15) is 0 Å². The fourth-order valence-corrected chi connectivity index (χ4v) is 3.34. The number of rotatable bonds is 5. The van der Waals surface area contributed by atoms with Gasteiger partial charge in [-0.3, -0.25) is 9.69 Å². The molecular weight excluding hydrogens is 240 g/mol. The number of carbonyl (C=O) groups is 1. The Bertz CT molecular complexity index is 321. The molecular formula is C15H30N2O2. The highest BCUT2D eigenvalue weighted by atomic mass is 16.4. The molecule has 0 amide bonds. The largest absolute Gasteiger partial charge is 0.480 e. The Morgan fingerprint density at radius 1 is 1.47 bits per heavy atom. The van der Waals surface area contributed by atoms with Gasteiger partial charge in [-0.15, -0.1) is 0 Å². The Hall–Kier alpha value is -0.610. The number of nitrogens with one attached hydrogen (secondary N) is 1. The van der Waals surface area contributed by atoms with Crippen LogP contribution < -0.4 is 5.32 Å². The number of likely N-dealkylation sites (N-methyl/N-ethyl adjacent to an activating group) is 1. The fraction of sp³-hybridized carbons (Fsp3) is 0.933. The minimum Gasteiger partial charge on any atom is -0.480 e. The summed E-state index contributed by atoms with van der Waals surface area (Å²) >= 11 is 0. The summed E-state index contributed by atoms with van der Waals surface area (Å²) in [5.41, 5.74) is -0.844. The Morgan fingerprint density at radius 2 is 2.05 bits per heavy atom. The van der Waals surface area contributed by atoms with Gasteiger partial charge >= 0.3 is 5.97 Å². The van der Waals surface area contributed by atoms with Crippen LogP contribution in [0.2, 0.25) is 0 Å². The van der Waals surface area contributed by atoms with Crippen LogP contribution in [0.15, 0.2) is 0 Å². The minimum absolute atomic E-state index is 0.272. The van der Waals surface area contributed by atoms with Gasteiger partial charge in [-0.25, -0.2) is 0 Å². The van der Waals surface area contributed by atoms with E-state index in [0.29, 0.717) is 24.3 Å². The third kappa shape index (κ3) is 3.69. The van der Waals surface area contributed by atoms with Crippen molar-refractivity contribution in [2.24, 2.45) is 11.8 Å². The molecule has 0 radical (unpaired) electrons. The average Bonchev–Trinajstić information content (AvgIpc) is 2.33. The second kappa shape index (κ2) is 6.23. The zero-order valence-corrected chi connectivity index (χ0v) is 13.2. The quantitative estimate of drug-likeness (QED) is 0.804. The zero-order valence-electron chi connectivity index (χ0n) is 13.2. The van der Waals surface area contributed by atoms with Gasteiger partial charge < -0.3 is 10.4 Å². The highest BCUT2D eigenvalue weighted by Crippen LogP contribution is 2.30. The summed E-state index contributed by atoms with van der Waals surface area (Å²) in [4.78, 5) is 13.9. The second-order valence-electron chi connectivity index (χ2n) is 6.70. The molecule has 4 heteroatoms. The van der Waals surface area contributed by atoms with Crippen LogP contribution >= 0.6 is 0 Å². The summed E-state index contributed by atoms with van der Waals surface area (Å²) in [5, 5.41) is 12.3. The lowest BCUT2D eigenvalue weighted by atomic mass is 9.83. The van der Waals surface area contributed by atoms with Crippen LogP contribution in [0.25, 0.3) is 0 Å². The van der Waals surface area contributed by atoms with Crippen LogP contribution in [0, 0.1) is 11.8 Å². The van der Waals surface area contributed by atoms with E-state index in [1.54, 1.807) is 14.0 Å². The summed E-state index contributed by atoms with van der Waals surface area (Å²) in [5.74, 6) is 0.601. The smallest absolute Gasteiger partial charge is 0.323 e. The Labute approximate surface area is 117 Å². The molecule has 2 N–H and O–H groups in total. The highest BCUT2D eigenvalue weighted by molar-refractivity contribution is 5.78. The third-order valence-corrected chi connectivity index (χ3v) is 4.94. The van der Waals surface area contributed by atoms with E-state index in [4.69, 9.17) is 0 Å². The molecule has 4 nitrogen and oxygen atoms in total. The molecule has 1 fully saturated rings. The van der Waals surface area contributed by atoms with Crippen molar-refractivity contribution >= 4 is 5.97 Å². The van der Waals surface area contributed by atoms with Crippen molar-refractivity contribution in [3.05, 3.63) is 0 Å². The van der Waals surface area contributed by atoms with Crippen molar-refractivity contribution in [2.45, 2.75) is 65.1 Å². The van der Waals surface area contributed by atoms with Gasteiger partial charge in [0.25, 0.3) is 0 Å². The summed E-state index contributed by atoms with van der Waals surface area (Å²) in [6.45, 7) is 11.9. The van der Waals surface area contributed by atoms with E-state index in [0.717, 1.165) is 6.54 Å². The first kappa shape index (κ1) is 16.4. The van der Waals surface area contributed by atoms with Crippen LogP contribution in [-0.4, -0.2) is 47.2 Å². The molecule has 1 heterocycles. The van der Waals surface area contributed by atoms with E-state index in [9.17, 15) is 9.90 Å². The van der Waals surface area contributed by atoms with E-state index in [1.165, 1.54) is 6.42 Å². The standard InChI is InChI=1S/C15H30N2O2/c1-10-7-11(2)13(4)17(9-10)12(3)8-15(5,16-6)14(18)19/h10-13,16H,7-9H2,1-6H3,(H,18,19). The lowest BCUT2D eigenvalue weighted by molar-refractivity contribution is -0.145. The topological polar surface area (TPSA) is 52.6 Å². The van der Waals surface area contributed by atoms with Crippen LogP contribution in [-0.2, 0) is 4.79 Å². The summed E-state index contributed by atoms with van der Waals surface area (Å²) < 4.78 is 0. The molecule has 5 atom stereocenters. The van der Waals surface area contributed by atoms with Gasteiger partial charge in [-0.05, 0) is 52.5 Å². The van der Waals surface area contributed by atoms with Crippen LogP contribution in [0.5, 0.6) is 0 Å². The van der Waals surface area contributed by atoms with Gasteiger partial charge in [0.05, 0.1) is 0 Å². The highest BCUT2D eigenvalue weighted by Gasteiger charge is 2.38. The number of likely N-dealkylation sites (tertiary alicyclic amines) is 1. The molecule has 0 saturated carbocycles. The first-order valence-corrected chi connectivity index (χ1v) is 7.39. The SMILES string of the molecule is CNC(C)(CC(C)N1CC(C)CC(C)C1C)C(=O)O. The lowest BCUT2D eigenvalue weighted by Crippen LogP contribution is -2.56. The third-order valence-electron chi connectivity index (χ3n) is 4.94. The number of aliphatic carboxylic acids is 1. The molecule has 0 aromatic carbocycles. The van der Waals surface area contributed by atoms with Gasteiger partial charge in [-0.1, -0.05) is 13.8 Å². The Kier molecular flexibility index (Phi) is 5.39. The summed E-state index contributed by atoms with van der Waals surface area (Å²) in [6, 6.07) is 0.801. The first-order valence-electron chi connectivity index (χ1n) is 7.39. The molecule has 19 heavy (non-hydrogen) atoms. The van der Waals surface area contributed by atoms with Crippen molar-refractivity contribution in [2.75, 3.05) is 13.6 Å². The number of hydrogen-bond acceptors (Lipinski definition) is 3. The van der Waals surface area contributed by atoms with Crippen molar-refractivity contribution < 1.29 is 9.90 Å². The van der Waals surface area contributed by atoms with Crippen molar-refractivity contribution in [1.82, 2.24) is 10.2 Å². The average molecular weight is 270 g/mol. The fourth-order valence-electron chi connectivity index (χ4n) is 3.34. The molecule has 5 unspecified atom stereocenters. The minimum atomic E-state index is -0.844. The maximum Gasteiger partial charge on any atom is 0.323 e. The van der Waals surface area contributed by atoms with E-state index >= 15 is 0 Å². The lowest BCUT2D eigenvalue weighted by Gasteiger charge is -2.46. The molecule has 1 aliphatic heterocycles. The van der Waals surface area contributed by atoms with Gasteiger partial charge in [0, 0.05) is 18.6 Å². The van der Waals surface area contributed by atoms with Crippen molar-refractivity contribution in [3.63, 3.8) is 0 Å². The normalized spacial score (nSPS) is 33.7. The molecule has 112 valence electrons. The number of piperidine rings is 1. The van der Waals surface area contributed by atoms with Gasteiger partial charge in [0.2, 0.25) is 0 Å². The molecule has 1 aliphatic rings. The number of nitrogens with zero attached hydrogens (tertiary/aromatic N) is 1. The molecule has 1 rings (SSSR count). The molecule has 0 aromatic rings. The zero-order chi connectivity index (χ0) is 14.8. The van der Waals surface area contributed by atoms with E-state index in [-0.39, 0.29) is 6.04 Å². The van der Waals surface area contributed by atoms with Gasteiger partial charge in [0.15, 0.2) is 0 Å². The van der Waals surface area contributed by atoms with Crippen LogP contribution in [0.3, 0.4) is 0 Å². The maximum atomic E-state index is 11.4. The monoisotopic (exact) mass is 270 g/mol. The Balaban J connectivity index is 2.76. The van der Waals surface area contributed by atoms with Crippen LogP contribution in [0.1, 0.15) is 47.5 Å². The molecule has 0 bridgehead atoms. The predicted octanol–water partition coefficient (Wildman–Crippen LogP) is 2.19. The van der Waals surface area contributed by atoms with E-state index in [1.807, 2.05) is 0 Å². The number of carboxylic acid groups (broad SMARTS) is 1. The molecule has 0 aromatic heterocycles. The predicted molar refractivity (Wildman–Crippen MR) is 78.3 cm³/mol. The van der Waals surface area contributed by atoms with Crippen LogP contribution in [0.4, 0.5) is 0 Å². The van der Waals surface area contributed by atoms with Gasteiger partial charge in [0.1, 0.15) is 5.54 Å². The first-order chi connectivity index (χ1) is 8.71. The summed E-state index contributed by atoms with van der Waals surface area (Å²) in [7, 11) is 1.73. The Morgan fingerprint density at radius 3 is 2.53 bits per heavy atom. The number of hydrogen-bond donors (Lipinski definition) is 2. The molecule has 1 saturated heterocycles. The summed E-state index contributed by atoms with van der Waals surface area (Å²) in [6.07, 6.45) is 1.90. The second-order valence-corrected chi connectivity index (χ2v) is 6.70. The van der Waals surface area contributed by atoms with E-state index < -0.39 is 11.5 Å². The van der Waals surface area contributed by atoms with E-state index in [2.05, 4.69) is 37.9 Å². The number of carboxylic acids is 1. The molecule has 0 aliphatic carbocycles. The van der Waals surface area contributed by atoms with Crippen molar-refractivity contribution in [1.29, 1.82) is 0 Å². The molecule has 0 spiro atoms.